The molecule has 0 aliphatic carbocycles. The van der Waals surface area contributed by atoms with Crippen molar-refractivity contribution in [1.82, 2.24) is 9.78 Å². The molecule has 25 heavy (non-hydrogen) atoms. The summed E-state index contributed by atoms with van der Waals surface area (Å²) in [5, 5.41) is 4.36. The number of benzene rings is 1. The van der Waals surface area contributed by atoms with Crippen LogP contribution in [0.5, 0.6) is 11.5 Å². The Labute approximate surface area is 146 Å². The van der Waals surface area contributed by atoms with Crippen LogP contribution in [0.25, 0.3) is 11.3 Å². The molecule has 1 heterocycles. The summed E-state index contributed by atoms with van der Waals surface area (Å²) in [7, 11) is 3.11. The van der Waals surface area contributed by atoms with Crippen molar-refractivity contribution in [3.63, 3.8) is 0 Å². The van der Waals surface area contributed by atoms with E-state index in [0.717, 1.165) is 4.68 Å². The molecule has 0 N–H and O–H groups in total. The first-order valence-corrected chi connectivity index (χ1v) is 8.04. The first-order valence-electron chi connectivity index (χ1n) is 8.04. The third-order valence-electron chi connectivity index (χ3n) is 3.75. The fourth-order valence-corrected chi connectivity index (χ4v) is 2.48. The Balaban J connectivity index is 2.52. The third-order valence-corrected chi connectivity index (χ3v) is 3.75. The van der Waals surface area contributed by atoms with Crippen molar-refractivity contribution < 1.29 is 19.0 Å². The molecule has 7 heteroatoms. The Morgan fingerprint density at radius 1 is 1.16 bits per heavy atom. The Morgan fingerprint density at radius 3 is 2.52 bits per heavy atom. The maximum absolute atomic E-state index is 12.2. The van der Waals surface area contributed by atoms with Crippen LogP contribution in [0.3, 0.4) is 0 Å². The Morgan fingerprint density at radius 2 is 1.92 bits per heavy atom. The zero-order chi connectivity index (χ0) is 18.4. The highest BCUT2D eigenvalue weighted by molar-refractivity contribution is 5.74. The number of methoxy groups -OCH3 is 2. The Hall–Kier alpha value is -2.83. The van der Waals surface area contributed by atoms with Crippen LogP contribution in [-0.4, -0.2) is 36.6 Å². The highest BCUT2D eigenvalue weighted by Gasteiger charge is 2.23. The highest BCUT2D eigenvalue weighted by atomic mass is 16.5. The zero-order valence-electron chi connectivity index (χ0n) is 14.8. The maximum Gasteiger partial charge on any atom is 0.331 e. The second-order valence-electron chi connectivity index (χ2n) is 5.24. The van der Waals surface area contributed by atoms with Gasteiger partial charge in [0.2, 0.25) is 0 Å². The number of carbonyl (C=O) groups is 1. The SMILES string of the molecule is CCOC(=O)C(CC)n1nc(-c2ccc(OC)cc2OC)ccc1=O. The van der Waals surface area contributed by atoms with Crippen LogP contribution in [0.1, 0.15) is 26.3 Å². The van der Waals surface area contributed by atoms with Crippen molar-refractivity contribution in [3.8, 4) is 22.8 Å². The van der Waals surface area contributed by atoms with Gasteiger partial charge in [0.05, 0.1) is 26.5 Å². The molecule has 0 aliphatic rings. The standard InChI is InChI=1S/C18H22N2O5/c1-5-15(18(22)25-6-2)20-17(21)10-9-14(19-20)13-8-7-12(23-3)11-16(13)24-4/h7-11,15H,5-6H2,1-4H3. The lowest BCUT2D eigenvalue weighted by Crippen LogP contribution is -2.32. The molecule has 0 aliphatic heterocycles. The zero-order valence-corrected chi connectivity index (χ0v) is 14.8. The molecule has 0 fully saturated rings. The van der Waals surface area contributed by atoms with E-state index in [1.807, 2.05) is 0 Å². The summed E-state index contributed by atoms with van der Waals surface area (Å²) in [5.74, 6) is 0.728. The summed E-state index contributed by atoms with van der Waals surface area (Å²) in [6, 6.07) is 7.51. The smallest absolute Gasteiger partial charge is 0.331 e. The van der Waals surface area contributed by atoms with Gasteiger partial charge in [0, 0.05) is 17.7 Å². The van der Waals surface area contributed by atoms with Crippen LogP contribution in [0.15, 0.2) is 35.1 Å². The number of hydrogen-bond donors (Lipinski definition) is 0. The first kappa shape index (κ1) is 18.5. The maximum atomic E-state index is 12.2. The van der Waals surface area contributed by atoms with Gasteiger partial charge in [0.25, 0.3) is 5.56 Å². The molecule has 0 spiro atoms. The molecule has 1 aromatic heterocycles. The normalized spacial score (nSPS) is 11.7. The molecule has 0 amide bonds. The minimum atomic E-state index is -0.767. The molecule has 7 nitrogen and oxygen atoms in total. The molecule has 2 rings (SSSR count). The number of aromatic nitrogens is 2. The van der Waals surface area contributed by atoms with E-state index >= 15 is 0 Å². The summed E-state index contributed by atoms with van der Waals surface area (Å²) in [6.07, 6.45) is 0.398. The van der Waals surface area contributed by atoms with Gasteiger partial charge >= 0.3 is 5.97 Å². The van der Waals surface area contributed by atoms with Crippen LogP contribution in [-0.2, 0) is 9.53 Å². The topological polar surface area (TPSA) is 79.7 Å². The van der Waals surface area contributed by atoms with Crippen LogP contribution < -0.4 is 15.0 Å². The Kier molecular flexibility index (Phi) is 6.16. The molecule has 1 unspecified atom stereocenters. The fraction of sp³-hybridized carbons (Fsp3) is 0.389. The van der Waals surface area contributed by atoms with Gasteiger partial charge in [-0.3, -0.25) is 4.79 Å². The number of rotatable bonds is 7. The van der Waals surface area contributed by atoms with E-state index in [9.17, 15) is 9.59 Å². The van der Waals surface area contributed by atoms with Gasteiger partial charge < -0.3 is 14.2 Å². The third kappa shape index (κ3) is 3.99. The van der Waals surface area contributed by atoms with Crippen molar-refractivity contribution in [2.75, 3.05) is 20.8 Å². The Bertz CT molecular complexity index is 800. The molecule has 0 saturated carbocycles. The number of carbonyl (C=O) groups excluding carboxylic acids is 1. The van der Waals surface area contributed by atoms with Crippen molar-refractivity contribution in [3.05, 3.63) is 40.7 Å². The highest BCUT2D eigenvalue weighted by Crippen LogP contribution is 2.31. The lowest BCUT2D eigenvalue weighted by Gasteiger charge is -2.17. The van der Waals surface area contributed by atoms with Gasteiger partial charge in [-0.05, 0) is 31.5 Å². The van der Waals surface area contributed by atoms with Crippen molar-refractivity contribution in [2.24, 2.45) is 0 Å². The van der Waals surface area contributed by atoms with Gasteiger partial charge in [-0.2, -0.15) is 5.10 Å². The van der Waals surface area contributed by atoms with Gasteiger partial charge in [0.15, 0.2) is 6.04 Å². The quantitative estimate of drug-likeness (QED) is 0.717. The second-order valence-corrected chi connectivity index (χ2v) is 5.24. The number of ether oxygens (including phenoxy) is 3. The van der Waals surface area contributed by atoms with Gasteiger partial charge in [-0.1, -0.05) is 6.92 Å². The van der Waals surface area contributed by atoms with Crippen LogP contribution in [0.2, 0.25) is 0 Å². The van der Waals surface area contributed by atoms with Gasteiger partial charge in [-0.15, -0.1) is 0 Å². The van der Waals surface area contributed by atoms with Crippen LogP contribution in [0, 0.1) is 0 Å². The van der Waals surface area contributed by atoms with Gasteiger partial charge in [0.1, 0.15) is 11.5 Å². The van der Waals surface area contributed by atoms with E-state index in [0.29, 0.717) is 29.2 Å². The minimum Gasteiger partial charge on any atom is -0.497 e. The van der Waals surface area contributed by atoms with Crippen molar-refractivity contribution in [2.45, 2.75) is 26.3 Å². The molecule has 0 bridgehead atoms. The van der Waals surface area contributed by atoms with E-state index in [4.69, 9.17) is 14.2 Å². The average molecular weight is 346 g/mol. The number of hydrogen-bond acceptors (Lipinski definition) is 6. The monoisotopic (exact) mass is 346 g/mol. The van der Waals surface area contributed by atoms with Crippen LogP contribution in [0.4, 0.5) is 0 Å². The van der Waals surface area contributed by atoms with Gasteiger partial charge in [-0.25, -0.2) is 9.48 Å². The van der Waals surface area contributed by atoms with Crippen molar-refractivity contribution in [1.29, 1.82) is 0 Å². The molecular formula is C18H22N2O5. The molecule has 1 atom stereocenters. The van der Waals surface area contributed by atoms with E-state index in [1.165, 1.54) is 6.07 Å². The second kappa shape index (κ2) is 8.32. The summed E-state index contributed by atoms with van der Waals surface area (Å²) < 4.78 is 16.8. The average Bonchev–Trinajstić information content (AvgIpc) is 2.63. The fourth-order valence-electron chi connectivity index (χ4n) is 2.48. The number of esters is 1. The van der Waals surface area contributed by atoms with E-state index in [2.05, 4.69) is 5.10 Å². The lowest BCUT2D eigenvalue weighted by atomic mass is 10.1. The number of nitrogens with zero attached hydrogens (tertiary/aromatic N) is 2. The summed E-state index contributed by atoms with van der Waals surface area (Å²) in [4.78, 5) is 24.3. The molecule has 0 saturated heterocycles. The van der Waals surface area contributed by atoms with E-state index in [-0.39, 0.29) is 12.2 Å². The van der Waals surface area contributed by atoms with E-state index in [1.54, 1.807) is 52.3 Å². The molecule has 2 aromatic rings. The minimum absolute atomic E-state index is 0.246. The molecule has 0 radical (unpaired) electrons. The van der Waals surface area contributed by atoms with Crippen LogP contribution >= 0.6 is 0 Å². The molecular weight excluding hydrogens is 324 g/mol. The predicted octanol–water partition coefficient (Wildman–Crippen LogP) is 2.44. The summed E-state index contributed by atoms with van der Waals surface area (Å²) in [6.45, 7) is 3.77. The molecule has 1 aromatic carbocycles. The summed E-state index contributed by atoms with van der Waals surface area (Å²) >= 11 is 0. The van der Waals surface area contributed by atoms with Crippen molar-refractivity contribution >= 4 is 5.97 Å². The predicted molar refractivity (Wildman–Crippen MR) is 93.0 cm³/mol. The summed E-state index contributed by atoms with van der Waals surface area (Å²) in [5.41, 5.74) is 0.841. The largest absolute Gasteiger partial charge is 0.497 e. The van der Waals surface area contributed by atoms with E-state index < -0.39 is 12.0 Å². The lowest BCUT2D eigenvalue weighted by molar-refractivity contribution is -0.147. The molecule has 134 valence electrons. The first-order chi connectivity index (χ1) is 12.0.